The van der Waals surface area contributed by atoms with Gasteiger partial charge in [0.2, 0.25) is 5.95 Å². The second kappa shape index (κ2) is 6.84. The van der Waals surface area contributed by atoms with Crippen molar-refractivity contribution in [2.75, 3.05) is 12.0 Å². The van der Waals surface area contributed by atoms with E-state index in [1.54, 1.807) is 18.2 Å². The molecule has 0 saturated carbocycles. The number of hydrazone groups is 1. The lowest BCUT2D eigenvalue weighted by atomic mass is 10.2. The normalized spacial score (nSPS) is 11.5. The summed E-state index contributed by atoms with van der Waals surface area (Å²) in [6.07, 6.45) is 1.40. The first-order chi connectivity index (χ1) is 12.5. The first kappa shape index (κ1) is 17.4. The Bertz CT molecular complexity index is 1110. The number of imidazole rings is 1. The highest BCUT2D eigenvalue weighted by atomic mass is 16.3. The number of hydrogen-bond donors (Lipinski definition) is 3. The number of para-hydroxylation sites is 1. The fourth-order valence-corrected chi connectivity index (χ4v) is 2.61. The van der Waals surface area contributed by atoms with E-state index in [1.807, 2.05) is 0 Å². The third-order valence-electron chi connectivity index (χ3n) is 3.98. The fourth-order valence-electron chi connectivity index (χ4n) is 2.61. The van der Waals surface area contributed by atoms with Gasteiger partial charge < -0.3 is 14.8 Å². The molecule has 0 bridgehead atoms. The van der Waals surface area contributed by atoms with Crippen molar-refractivity contribution in [1.29, 1.82) is 0 Å². The van der Waals surface area contributed by atoms with Gasteiger partial charge in [-0.25, -0.2) is 10.2 Å². The monoisotopic (exact) mass is 358 g/mol. The van der Waals surface area contributed by atoms with Crippen LogP contribution in [0.1, 0.15) is 5.56 Å². The summed E-state index contributed by atoms with van der Waals surface area (Å²) in [4.78, 5) is 28.8. The van der Waals surface area contributed by atoms with Crippen LogP contribution in [0.25, 0.3) is 11.2 Å². The van der Waals surface area contributed by atoms with E-state index in [-0.39, 0.29) is 36.0 Å². The van der Waals surface area contributed by atoms with E-state index in [4.69, 9.17) is 0 Å². The van der Waals surface area contributed by atoms with Crippen LogP contribution in [-0.2, 0) is 20.6 Å². The summed E-state index contributed by atoms with van der Waals surface area (Å²) in [7, 11) is 2.89. The number of anilines is 1. The summed E-state index contributed by atoms with van der Waals surface area (Å²) in [5, 5.41) is 23.1. The number of fused-ring (bicyclic) bond motifs is 1. The number of aromatic nitrogens is 4. The van der Waals surface area contributed by atoms with Gasteiger partial charge in [-0.15, -0.1) is 0 Å². The van der Waals surface area contributed by atoms with Gasteiger partial charge in [0.25, 0.3) is 5.56 Å². The van der Waals surface area contributed by atoms with Crippen molar-refractivity contribution in [3.63, 3.8) is 0 Å². The molecule has 0 spiro atoms. The molecule has 0 unspecified atom stereocenters. The third kappa shape index (κ3) is 2.86. The first-order valence-electron chi connectivity index (χ1n) is 7.80. The molecule has 0 aliphatic rings. The number of aliphatic hydroxyl groups excluding tert-OH is 1. The molecular weight excluding hydrogens is 340 g/mol. The lowest BCUT2D eigenvalue weighted by Crippen LogP contribution is -2.37. The Morgan fingerprint density at radius 2 is 1.96 bits per heavy atom. The standard InChI is InChI=1S/C16H18N6O4/c1-20-13-12(14(25)21(2)16(20)26)22(7-8-23)15(18-13)19-17-9-10-5-3-4-6-11(10)24/h3-6,9,23-24H,7-8H2,1-2H3,(H,18,19). The molecule has 1 aromatic carbocycles. The SMILES string of the molecule is Cn1c(=O)c2c(nc(NN=Cc3ccccc3O)n2CCO)n(C)c1=O. The second-order valence-corrected chi connectivity index (χ2v) is 5.62. The number of phenols is 1. The fraction of sp³-hybridized carbons (Fsp3) is 0.250. The molecule has 3 rings (SSSR count). The van der Waals surface area contributed by atoms with Crippen LogP contribution in [0, 0.1) is 0 Å². The van der Waals surface area contributed by atoms with Crippen LogP contribution in [0.3, 0.4) is 0 Å². The van der Waals surface area contributed by atoms with Crippen LogP contribution >= 0.6 is 0 Å². The Morgan fingerprint density at radius 1 is 1.23 bits per heavy atom. The predicted molar refractivity (Wildman–Crippen MR) is 96.6 cm³/mol. The second-order valence-electron chi connectivity index (χ2n) is 5.62. The molecule has 2 heterocycles. The summed E-state index contributed by atoms with van der Waals surface area (Å²) >= 11 is 0. The maximum absolute atomic E-state index is 12.5. The molecule has 26 heavy (non-hydrogen) atoms. The van der Waals surface area contributed by atoms with Gasteiger partial charge in [0.15, 0.2) is 11.2 Å². The Morgan fingerprint density at radius 3 is 2.65 bits per heavy atom. The van der Waals surface area contributed by atoms with Crippen molar-refractivity contribution in [3.05, 3.63) is 50.7 Å². The molecule has 3 N–H and O–H groups in total. The van der Waals surface area contributed by atoms with Crippen LogP contribution < -0.4 is 16.7 Å². The van der Waals surface area contributed by atoms with E-state index in [9.17, 15) is 19.8 Å². The minimum atomic E-state index is -0.512. The van der Waals surface area contributed by atoms with Crippen molar-refractivity contribution >= 4 is 23.3 Å². The van der Waals surface area contributed by atoms with Crippen LogP contribution in [-0.4, -0.2) is 41.7 Å². The van der Waals surface area contributed by atoms with Crippen molar-refractivity contribution in [2.24, 2.45) is 19.2 Å². The number of hydrogen-bond acceptors (Lipinski definition) is 7. The highest BCUT2D eigenvalue weighted by Crippen LogP contribution is 2.16. The van der Waals surface area contributed by atoms with E-state index < -0.39 is 11.2 Å². The van der Waals surface area contributed by atoms with Gasteiger partial charge in [-0.05, 0) is 12.1 Å². The highest BCUT2D eigenvalue weighted by Gasteiger charge is 2.18. The smallest absolute Gasteiger partial charge is 0.332 e. The quantitative estimate of drug-likeness (QED) is 0.420. The van der Waals surface area contributed by atoms with Crippen molar-refractivity contribution in [2.45, 2.75) is 6.54 Å². The molecule has 136 valence electrons. The number of benzene rings is 1. The van der Waals surface area contributed by atoms with Crippen molar-refractivity contribution in [1.82, 2.24) is 18.7 Å². The zero-order valence-electron chi connectivity index (χ0n) is 14.2. The number of aromatic hydroxyl groups is 1. The number of rotatable bonds is 5. The molecule has 0 saturated heterocycles. The van der Waals surface area contributed by atoms with E-state index >= 15 is 0 Å². The maximum atomic E-state index is 12.5. The molecular formula is C16H18N6O4. The number of phenolic OH excluding ortho intramolecular Hbond substituents is 1. The van der Waals surface area contributed by atoms with Gasteiger partial charge in [0.1, 0.15) is 5.75 Å². The Hall–Kier alpha value is -3.40. The minimum absolute atomic E-state index is 0.0678. The minimum Gasteiger partial charge on any atom is -0.507 e. The van der Waals surface area contributed by atoms with Crippen LogP contribution in [0.4, 0.5) is 5.95 Å². The van der Waals surface area contributed by atoms with Crippen molar-refractivity contribution in [3.8, 4) is 5.75 Å². The molecule has 3 aromatic rings. The number of aliphatic hydroxyl groups is 1. The lowest BCUT2D eigenvalue weighted by molar-refractivity contribution is 0.278. The highest BCUT2D eigenvalue weighted by molar-refractivity contribution is 5.83. The average molecular weight is 358 g/mol. The molecule has 0 radical (unpaired) electrons. The van der Waals surface area contributed by atoms with Crippen LogP contribution in [0.15, 0.2) is 39.0 Å². The number of nitrogens with zero attached hydrogens (tertiary/aromatic N) is 5. The molecule has 0 amide bonds. The summed E-state index contributed by atoms with van der Waals surface area (Å²) < 4.78 is 3.69. The third-order valence-corrected chi connectivity index (χ3v) is 3.98. The van der Waals surface area contributed by atoms with Gasteiger partial charge in [-0.1, -0.05) is 12.1 Å². The van der Waals surface area contributed by atoms with E-state index in [0.717, 1.165) is 4.57 Å². The molecule has 0 fully saturated rings. The van der Waals surface area contributed by atoms with E-state index in [2.05, 4.69) is 15.5 Å². The molecule has 2 aromatic heterocycles. The molecule has 0 atom stereocenters. The zero-order valence-corrected chi connectivity index (χ0v) is 14.2. The van der Waals surface area contributed by atoms with Gasteiger partial charge in [0.05, 0.1) is 12.8 Å². The molecule has 0 aliphatic heterocycles. The summed E-state index contributed by atoms with van der Waals surface area (Å²) in [5.74, 6) is 0.261. The number of aryl methyl sites for hydroxylation is 1. The Balaban J connectivity index is 2.08. The van der Waals surface area contributed by atoms with Crippen LogP contribution in [0.5, 0.6) is 5.75 Å². The molecule has 10 nitrogen and oxygen atoms in total. The summed E-state index contributed by atoms with van der Waals surface area (Å²) in [6.45, 7) is -0.131. The van der Waals surface area contributed by atoms with Crippen LogP contribution in [0.2, 0.25) is 0 Å². The van der Waals surface area contributed by atoms with Gasteiger partial charge in [-0.2, -0.15) is 10.1 Å². The Labute approximate surface area is 147 Å². The lowest BCUT2D eigenvalue weighted by Gasteiger charge is -2.07. The topological polar surface area (TPSA) is 127 Å². The molecule has 0 aliphatic carbocycles. The molecule has 10 heteroatoms. The Kier molecular flexibility index (Phi) is 4.59. The predicted octanol–water partition coefficient (Wildman–Crippen LogP) is -0.422. The van der Waals surface area contributed by atoms with Crippen molar-refractivity contribution < 1.29 is 10.2 Å². The van der Waals surface area contributed by atoms with E-state index in [0.29, 0.717) is 5.56 Å². The average Bonchev–Trinajstić information content (AvgIpc) is 2.99. The summed E-state index contributed by atoms with van der Waals surface area (Å²) in [5.41, 5.74) is 2.54. The van der Waals surface area contributed by atoms with Gasteiger partial charge in [-0.3, -0.25) is 13.9 Å². The maximum Gasteiger partial charge on any atom is 0.332 e. The summed E-state index contributed by atoms with van der Waals surface area (Å²) in [6, 6.07) is 6.65. The number of nitrogens with one attached hydrogen (secondary N) is 1. The van der Waals surface area contributed by atoms with Gasteiger partial charge in [0, 0.05) is 26.2 Å². The first-order valence-corrected chi connectivity index (χ1v) is 7.80. The van der Waals surface area contributed by atoms with E-state index in [1.165, 1.54) is 35.5 Å². The largest absolute Gasteiger partial charge is 0.507 e. The zero-order chi connectivity index (χ0) is 18.8. The van der Waals surface area contributed by atoms with Gasteiger partial charge >= 0.3 is 5.69 Å².